The third-order valence-corrected chi connectivity index (χ3v) is 3.57. The van der Waals surface area contributed by atoms with E-state index in [0.717, 1.165) is 16.5 Å². The summed E-state index contributed by atoms with van der Waals surface area (Å²) in [5.74, 6) is 0. The molecule has 0 atom stereocenters. The number of para-hydroxylation sites is 1. The average Bonchev–Trinajstić information content (AvgIpc) is 2.47. The van der Waals surface area contributed by atoms with Crippen molar-refractivity contribution in [3.63, 3.8) is 0 Å². The molecular weight excluding hydrogens is 286 g/mol. The van der Waals surface area contributed by atoms with Crippen LogP contribution in [0.5, 0.6) is 0 Å². The zero-order valence-electron chi connectivity index (χ0n) is 9.81. The van der Waals surface area contributed by atoms with Gasteiger partial charge in [0.05, 0.1) is 11.2 Å². The normalized spacial score (nSPS) is 10.7. The average molecular weight is 298 g/mol. The fourth-order valence-electron chi connectivity index (χ4n) is 2.16. The Kier molecular flexibility index (Phi) is 3.11. The minimum absolute atomic E-state index is 0.775. The van der Waals surface area contributed by atoms with Crippen LogP contribution in [0.3, 0.4) is 0 Å². The van der Waals surface area contributed by atoms with Gasteiger partial charge in [-0.2, -0.15) is 0 Å². The molecule has 0 radical (unpaired) electrons. The van der Waals surface area contributed by atoms with Gasteiger partial charge in [0, 0.05) is 10.7 Å². The van der Waals surface area contributed by atoms with E-state index in [4.69, 9.17) is 0 Å². The van der Waals surface area contributed by atoms with Crippen LogP contribution >= 0.6 is 15.9 Å². The molecule has 3 rings (SSSR count). The SMILES string of the molecule is BrCc1cc(-c2ccccc2)c2ccccc2n1. The smallest absolute Gasteiger partial charge is 0.0711 e. The molecule has 0 unspecified atom stereocenters. The van der Waals surface area contributed by atoms with E-state index in [1.807, 2.05) is 12.1 Å². The Labute approximate surface area is 115 Å². The Balaban J connectivity index is 2.33. The standard InChI is InChI=1S/C16H12BrN/c17-11-13-10-15(12-6-2-1-3-7-12)14-8-4-5-9-16(14)18-13/h1-10H,11H2. The van der Waals surface area contributed by atoms with Gasteiger partial charge in [-0.05, 0) is 23.3 Å². The van der Waals surface area contributed by atoms with Gasteiger partial charge in [0.25, 0.3) is 0 Å². The van der Waals surface area contributed by atoms with Crippen LogP contribution in [-0.2, 0) is 5.33 Å². The second-order valence-corrected chi connectivity index (χ2v) is 4.74. The lowest BCUT2D eigenvalue weighted by Gasteiger charge is -2.08. The van der Waals surface area contributed by atoms with E-state index in [2.05, 4.69) is 69.4 Å². The molecule has 1 heterocycles. The van der Waals surface area contributed by atoms with E-state index in [0.29, 0.717) is 0 Å². The fraction of sp³-hybridized carbons (Fsp3) is 0.0625. The molecule has 0 saturated carbocycles. The van der Waals surface area contributed by atoms with Crippen LogP contribution in [0.15, 0.2) is 60.7 Å². The van der Waals surface area contributed by atoms with Crippen LogP contribution < -0.4 is 0 Å². The zero-order chi connectivity index (χ0) is 12.4. The summed E-state index contributed by atoms with van der Waals surface area (Å²) in [7, 11) is 0. The maximum atomic E-state index is 4.63. The van der Waals surface area contributed by atoms with Gasteiger partial charge in [-0.3, -0.25) is 4.98 Å². The van der Waals surface area contributed by atoms with E-state index in [9.17, 15) is 0 Å². The van der Waals surface area contributed by atoms with Crippen molar-refractivity contribution in [1.29, 1.82) is 0 Å². The summed E-state index contributed by atoms with van der Waals surface area (Å²) in [6, 6.07) is 20.9. The minimum atomic E-state index is 0.775. The number of benzene rings is 2. The lowest BCUT2D eigenvalue weighted by Crippen LogP contribution is -1.90. The number of nitrogens with zero attached hydrogens (tertiary/aromatic N) is 1. The Morgan fingerprint density at radius 1 is 0.889 bits per heavy atom. The Morgan fingerprint density at radius 3 is 2.39 bits per heavy atom. The number of hydrogen-bond donors (Lipinski definition) is 0. The first-order valence-corrected chi connectivity index (χ1v) is 7.00. The molecular formula is C16H12BrN. The van der Waals surface area contributed by atoms with E-state index in [-0.39, 0.29) is 0 Å². The highest BCUT2D eigenvalue weighted by Gasteiger charge is 2.06. The molecule has 1 nitrogen and oxygen atoms in total. The summed E-state index contributed by atoms with van der Waals surface area (Å²) in [6.45, 7) is 0. The van der Waals surface area contributed by atoms with Gasteiger partial charge < -0.3 is 0 Å². The number of halogens is 1. The van der Waals surface area contributed by atoms with Crippen LogP contribution in [0.2, 0.25) is 0 Å². The van der Waals surface area contributed by atoms with Gasteiger partial charge in [-0.15, -0.1) is 0 Å². The van der Waals surface area contributed by atoms with Crippen molar-refractivity contribution in [2.75, 3.05) is 0 Å². The molecule has 0 aliphatic heterocycles. The van der Waals surface area contributed by atoms with E-state index in [1.54, 1.807) is 0 Å². The molecule has 2 heteroatoms. The van der Waals surface area contributed by atoms with Crippen molar-refractivity contribution < 1.29 is 0 Å². The van der Waals surface area contributed by atoms with Crippen molar-refractivity contribution in [3.05, 3.63) is 66.4 Å². The minimum Gasteiger partial charge on any atom is -0.252 e. The predicted molar refractivity (Wildman–Crippen MR) is 79.8 cm³/mol. The van der Waals surface area contributed by atoms with Gasteiger partial charge >= 0.3 is 0 Å². The summed E-state index contributed by atoms with van der Waals surface area (Å²) in [6.07, 6.45) is 0. The molecule has 1 aromatic heterocycles. The van der Waals surface area contributed by atoms with Crippen molar-refractivity contribution in [3.8, 4) is 11.1 Å². The van der Waals surface area contributed by atoms with E-state index < -0.39 is 0 Å². The van der Waals surface area contributed by atoms with E-state index >= 15 is 0 Å². The lowest BCUT2D eigenvalue weighted by atomic mass is 10.0. The summed E-state index contributed by atoms with van der Waals surface area (Å²) >= 11 is 3.49. The summed E-state index contributed by atoms with van der Waals surface area (Å²) < 4.78 is 0. The van der Waals surface area contributed by atoms with Gasteiger partial charge in [0.1, 0.15) is 0 Å². The van der Waals surface area contributed by atoms with Crippen molar-refractivity contribution in [2.45, 2.75) is 5.33 Å². The highest BCUT2D eigenvalue weighted by atomic mass is 79.9. The quantitative estimate of drug-likeness (QED) is 0.619. The zero-order valence-corrected chi connectivity index (χ0v) is 11.4. The van der Waals surface area contributed by atoms with Crippen molar-refractivity contribution in [2.24, 2.45) is 0 Å². The Bertz CT molecular complexity index is 677. The van der Waals surface area contributed by atoms with E-state index in [1.165, 1.54) is 16.5 Å². The molecule has 0 bridgehead atoms. The molecule has 0 aliphatic carbocycles. The summed E-state index contributed by atoms with van der Waals surface area (Å²) in [5, 5.41) is 1.98. The van der Waals surface area contributed by atoms with Gasteiger partial charge in [-0.25, -0.2) is 0 Å². The molecule has 0 spiro atoms. The third-order valence-electron chi connectivity index (χ3n) is 2.99. The second kappa shape index (κ2) is 4.91. The summed E-state index contributed by atoms with van der Waals surface area (Å²) in [5.41, 5.74) is 4.59. The number of alkyl halides is 1. The highest BCUT2D eigenvalue weighted by molar-refractivity contribution is 9.08. The maximum absolute atomic E-state index is 4.63. The molecule has 0 aliphatic rings. The molecule has 2 aromatic carbocycles. The first kappa shape index (κ1) is 11.4. The third kappa shape index (κ3) is 2.04. The van der Waals surface area contributed by atoms with Gasteiger partial charge in [0.2, 0.25) is 0 Å². The van der Waals surface area contributed by atoms with Crippen LogP contribution in [0.1, 0.15) is 5.69 Å². The molecule has 18 heavy (non-hydrogen) atoms. The summed E-state index contributed by atoms with van der Waals surface area (Å²) in [4.78, 5) is 4.63. The first-order valence-electron chi connectivity index (χ1n) is 5.88. The van der Waals surface area contributed by atoms with Crippen LogP contribution in [0, 0.1) is 0 Å². The molecule has 88 valence electrons. The lowest BCUT2D eigenvalue weighted by molar-refractivity contribution is 1.24. The largest absolute Gasteiger partial charge is 0.252 e. The monoisotopic (exact) mass is 297 g/mol. The highest BCUT2D eigenvalue weighted by Crippen LogP contribution is 2.28. The predicted octanol–water partition coefficient (Wildman–Crippen LogP) is 4.80. The van der Waals surface area contributed by atoms with Gasteiger partial charge in [-0.1, -0.05) is 64.5 Å². The molecule has 0 fully saturated rings. The molecule has 0 amide bonds. The number of rotatable bonds is 2. The second-order valence-electron chi connectivity index (χ2n) is 4.18. The van der Waals surface area contributed by atoms with Crippen molar-refractivity contribution in [1.82, 2.24) is 4.98 Å². The Morgan fingerprint density at radius 2 is 1.61 bits per heavy atom. The van der Waals surface area contributed by atoms with Crippen LogP contribution in [-0.4, -0.2) is 4.98 Å². The number of pyridine rings is 1. The first-order chi connectivity index (χ1) is 8.88. The van der Waals surface area contributed by atoms with Crippen LogP contribution in [0.25, 0.3) is 22.0 Å². The van der Waals surface area contributed by atoms with Crippen LogP contribution in [0.4, 0.5) is 0 Å². The maximum Gasteiger partial charge on any atom is 0.0711 e. The topological polar surface area (TPSA) is 12.9 Å². The molecule has 0 saturated heterocycles. The Hall–Kier alpha value is -1.67. The molecule has 0 N–H and O–H groups in total. The van der Waals surface area contributed by atoms with Crippen molar-refractivity contribution >= 4 is 26.8 Å². The molecule has 3 aromatic rings. The van der Waals surface area contributed by atoms with Gasteiger partial charge in [0.15, 0.2) is 0 Å². The fourth-order valence-corrected chi connectivity index (χ4v) is 2.44. The number of fused-ring (bicyclic) bond motifs is 1. The number of hydrogen-bond acceptors (Lipinski definition) is 1. The number of aromatic nitrogens is 1.